The quantitative estimate of drug-likeness (QED) is 0.684. The largest absolute Gasteiger partial charge is 0.465 e. The SMILES string of the molecule is COC(=O)c1cccc(S(=O)(=O)N2CCN(Cc3ccc4c(c3)OCO4)CC2)c1. The topological polar surface area (TPSA) is 85.4 Å². The third kappa shape index (κ3) is 4.07. The highest BCUT2D eigenvalue weighted by Gasteiger charge is 2.29. The Hall–Kier alpha value is -2.62. The lowest BCUT2D eigenvalue weighted by molar-refractivity contribution is 0.0600. The summed E-state index contributed by atoms with van der Waals surface area (Å²) in [7, 11) is -2.40. The van der Waals surface area contributed by atoms with Gasteiger partial charge in [-0.15, -0.1) is 0 Å². The molecule has 0 atom stereocenters. The average Bonchev–Trinajstić information content (AvgIpc) is 3.21. The summed E-state index contributed by atoms with van der Waals surface area (Å²) in [6, 6.07) is 11.8. The van der Waals surface area contributed by atoms with E-state index >= 15 is 0 Å². The lowest BCUT2D eigenvalue weighted by Crippen LogP contribution is -2.48. The number of carbonyl (C=O) groups excluding carboxylic acids is 1. The van der Waals surface area contributed by atoms with Crippen LogP contribution in [0.15, 0.2) is 47.4 Å². The van der Waals surface area contributed by atoms with Crippen molar-refractivity contribution in [2.75, 3.05) is 40.1 Å². The molecule has 0 unspecified atom stereocenters. The number of hydrogen-bond donors (Lipinski definition) is 0. The van der Waals surface area contributed by atoms with Gasteiger partial charge in [0.1, 0.15) is 0 Å². The van der Waals surface area contributed by atoms with Gasteiger partial charge in [0.25, 0.3) is 0 Å². The van der Waals surface area contributed by atoms with Gasteiger partial charge in [-0.3, -0.25) is 4.90 Å². The second kappa shape index (κ2) is 8.02. The molecule has 29 heavy (non-hydrogen) atoms. The van der Waals surface area contributed by atoms with Crippen molar-refractivity contribution in [2.24, 2.45) is 0 Å². The second-order valence-corrected chi connectivity index (χ2v) is 8.83. The van der Waals surface area contributed by atoms with Gasteiger partial charge in [0.2, 0.25) is 16.8 Å². The van der Waals surface area contributed by atoms with E-state index in [1.165, 1.54) is 29.6 Å². The van der Waals surface area contributed by atoms with Crippen LogP contribution in [0.2, 0.25) is 0 Å². The van der Waals surface area contributed by atoms with Crippen molar-refractivity contribution < 1.29 is 27.4 Å². The van der Waals surface area contributed by atoms with E-state index in [0.717, 1.165) is 17.1 Å². The van der Waals surface area contributed by atoms with Crippen molar-refractivity contribution in [1.29, 1.82) is 0 Å². The van der Waals surface area contributed by atoms with Crippen molar-refractivity contribution in [3.05, 3.63) is 53.6 Å². The number of benzene rings is 2. The van der Waals surface area contributed by atoms with E-state index in [9.17, 15) is 13.2 Å². The van der Waals surface area contributed by atoms with Gasteiger partial charge in [0.05, 0.1) is 17.6 Å². The summed E-state index contributed by atoms with van der Waals surface area (Å²) in [6.07, 6.45) is 0. The predicted octanol–water partition coefficient (Wildman–Crippen LogP) is 1.71. The molecule has 2 aromatic carbocycles. The molecule has 0 bridgehead atoms. The fraction of sp³-hybridized carbons (Fsp3) is 0.350. The maximum absolute atomic E-state index is 13.0. The molecule has 2 aliphatic heterocycles. The highest BCUT2D eigenvalue weighted by molar-refractivity contribution is 7.89. The Morgan fingerprint density at radius 1 is 1.03 bits per heavy atom. The van der Waals surface area contributed by atoms with Gasteiger partial charge in [0.15, 0.2) is 11.5 Å². The number of ether oxygens (including phenoxy) is 3. The molecule has 2 aliphatic rings. The maximum atomic E-state index is 13.0. The molecule has 154 valence electrons. The zero-order valence-electron chi connectivity index (χ0n) is 16.0. The van der Waals surface area contributed by atoms with Crippen molar-refractivity contribution in [1.82, 2.24) is 9.21 Å². The minimum absolute atomic E-state index is 0.102. The van der Waals surface area contributed by atoms with Crippen LogP contribution in [0.1, 0.15) is 15.9 Å². The Labute approximate surface area is 169 Å². The van der Waals surface area contributed by atoms with Crippen molar-refractivity contribution in [3.8, 4) is 11.5 Å². The van der Waals surface area contributed by atoms with Crippen LogP contribution in [0.4, 0.5) is 0 Å². The van der Waals surface area contributed by atoms with Gasteiger partial charge in [-0.2, -0.15) is 4.31 Å². The monoisotopic (exact) mass is 418 g/mol. The number of piperazine rings is 1. The number of methoxy groups -OCH3 is 1. The molecular formula is C20H22N2O6S. The minimum Gasteiger partial charge on any atom is -0.465 e. The summed E-state index contributed by atoms with van der Waals surface area (Å²) >= 11 is 0. The van der Waals surface area contributed by atoms with Crippen molar-refractivity contribution >= 4 is 16.0 Å². The van der Waals surface area contributed by atoms with Crippen molar-refractivity contribution in [3.63, 3.8) is 0 Å². The number of rotatable bonds is 5. The first-order chi connectivity index (χ1) is 14.0. The van der Waals surface area contributed by atoms with E-state index in [4.69, 9.17) is 9.47 Å². The van der Waals surface area contributed by atoms with E-state index in [1.807, 2.05) is 18.2 Å². The standard InChI is InChI=1S/C20H22N2O6S/c1-26-20(23)16-3-2-4-17(12-16)29(24,25)22-9-7-21(8-10-22)13-15-5-6-18-19(11-15)28-14-27-18/h2-6,11-12H,7-10,13-14H2,1H3. The molecule has 2 heterocycles. The van der Waals surface area contributed by atoms with Gasteiger partial charge in [-0.1, -0.05) is 12.1 Å². The number of nitrogens with zero attached hydrogens (tertiary/aromatic N) is 2. The Morgan fingerprint density at radius 2 is 1.79 bits per heavy atom. The fourth-order valence-corrected chi connectivity index (χ4v) is 4.94. The Balaban J connectivity index is 1.40. The van der Waals surface area contributed by atoms with Crippen LogP contribution in [0.5, 0.6) is 11.5 Å². The summed E-state index contributed by atoms with van der Waals surface area (Å²) in [6.45, 7) is 2.95. The van der Waals surface area contributed by atoms with Crippen LogP contribution in [0, 0.1) is 0 Å². The van der Waals surface area contributed by atoms with Gasteiger partial charge in [-0.05, 0) is 35.9 Å². The zero-order chi connectivity index (χ0) is 20.4. The van der Waals surface area contributed by atoms with Crippen LogP contribution >= 0.6 is 0 Å². The summed E-state index contributed by atoms with van der Waals surface area (Å²) in [5, 5.41) is 0. The Bertz CT molecular complexity index is 1020. The van der Waals surface area contributed by atoms with Crippen LogP contribution in [0.25, 0.3) is 0 Å². The highest BCUT2D eigenvalue weighted by atomic mass is 32.2. The molecule has 4 rings (SSSR count). The van der Waals surface area contributed by atoms with E-state index in [2.05, 4.69) is 9.64 Å². The van der Waals surface area contributed by atoms with Gasteiger partial charge < -0.3 is 14.2 Å². The summed E-state index contributed by atoms with van der Waals surface area (Å²) in [5.41, 5.74) is 1.31. The van der Waals surface area contributed by atoms with Gasteiger partial charge >= 0.3 is 5.97 Å². The number of sulfonamides is 1. The smallest absolute Gasteiger partial charge is 0.337 e. The number of carbonyl (C=O) groups is 1. The molecule has 0 radical (unpaired) electrons. The molecule has 0 saturated carbocycles. The van der Waals surface area contributed by atoms with E-state index < -0.39 is 16.0 Å². The van der Waals surface area contributed by atoms with Crippen LogP contribution in [0.3, 0.4) is 0 Å². The Kier molecular flexibility index (Phi) is 5.44. The van der Waals surface area contributed by atoms with Gasteiger partial charge in [-0.25, -0.2) is 13.2 Å². The Morgan fingerprint density at radius 3 is 2.55 bits per heavy atom. The zero-order valence-corrected chi connectivity index (χ0v) is 16.9. The molecule has 9 heteroatoms. The molecule has 0 spiro atoms. The molecule has 8 nitrogen and oxygen atoms in total. The third-order valence-electron chi connectivity index (χ3n) is 5.07. The highest BCUT2D eigenvalue weighted by Crippen LogP contribution is 2.33. The molecule has 0 amide bonds. The number of hydrogen-bond acceptors (Lipinski definition) is 7. The maximum Gasteiger partial charge on any atom is 0.337 e. The number of fused-ring (bicyclic) bond motifs is 1. The molecule has 0 aromatic heterocycles. The van der Waals surface area contributed by atoms with Gasteiger partial charge in [0, 0.05) is 32.7 Å². The lowest BCUT2D eigenvalue weighted by Gasteiger charge is -2.34. The molecule has 0 aliphatic carbocycles. The summed E-state index contributed by atoms with van der Waals surface area (Å²) < 4.78 is 42.8. The second-order valence-electron chi connectivity index (χ2n) is 6.89. The fourth-order valence-electron chi connectivity index (χ4n) is 3.48. The van der Waals surface area contributed by atoms with Crippen LogP contribution in [-0.4, -0.2) is 63.7 Å². The average molecular weight is 418 g/mol. The van der Waals surface area contributed by atoms with Crippen molar-refractivity contribution in [2.45, 2.75) is 11.4 Å². The predicted molar refractivity (Wildman–Crippen MR) is 104 cm³/mol. The third-order valence-corrected chi connectivity index (χ3v) is 6.96. The van der Waals surface area contributed by atoms with E-state index in [-0.39, 0.29) is 17.3 Å². The summed E-state index contributed by atoms with van der Waals surface area (Å²) in [4.78, 5) is 14.0. The molecular weight excluding hydrogens is 396 g/mol. The normalized spacial score (nSPS) is 17.3. The first kappa shape index (κ1) is 19.7. The first-order valence-electron chi connectivity index (χ1n) is 9.27. The molecule has 0 N–H and O–H groups in total. The van der Waals surface area contributed by atoms with E-state index in [1.54, 1.807) is 6.07 Å². The molecule has 2 aromatic rings. The van der Waals surface area contributed by atoms with Crippen LogP contribution < -0.4 is 9.47 Å². The lowest BCUT2D eigenvalue weighted by atomic mass is 10.2. The number of esters is 1. The van der Waals surface area contributed by atoms with E-state index in [0.29, 0.717) is 32.7 Å². The molecule has 1 saturated heterocycles. The van der Waals surface area contributed by atoms with Crippen LogP contribution in [-0.2, 0) is 21.3 Å². The first-order valence-corrected chi connectivity index (χ1v) is 10.7. The molecule has 1 fully saturated rings. The minimum atomic E-state index is -3.67. The summed E-state index contributed by atoms with van der Waals surface area (Å²) in [5.74, 6) is 0.934.